The third kappa shape index (κ3) is 4.74. The molecule has 0 saturated carbocycles. The Hall–Kier alpha value is -3.03. The van der Waals surface area contributed by atoms with Crippen molar-refractivity contribution < 1.29 is 24.2 Å². The summed E-state index contributed by atoms with van der Waals surface area (Å²) in [6.45, 7) is 1.11. The van der Waals surface area contributed by atoms with Crippen LogP contribution in [0.15, 0.2) is 48.0 Å². The number of aliphatic hydroxyl groups excluding tert-OH is 1. The van der Waals surface area contributed by atoms with Gasteiger partial charge in [-0.3, -0.25) is 9.59 Å². The van der Waals surface area contributed by atoms with E-state index in [1.807, 2.05) is 19.0 Å². The minimum absolute atomic E-state index is 0.0365. The molecule has 7 nitrogen and oxygen atoms in total. The summed E-state index contributed by atoms with van der Waals surface area (Å²) in [5.74, 6) is -0.607. The van der Waals surface area contributed by atoms with Crippen LogP contribution in [0.5, 0.6) is 11.5 Å². The van der Waals surface area contributed by atoms with E-state index in [1.165, 1.54) is 19.1 Å². The van der Waals surface area contributed by atoms with E-state index in [0.29, 0.717) is 40.6 Å². The average molecular weight is 459 g/mol. The van der Waals surface area contributed by atoms with E-state index in [-0.39, 0.29) is 11.3 Å². The molecule has 3 rings (SSSR count). The maximum atomic E-state index is 13.1. The van der Waals surface area contributed by atoms with Gasteiger partial charge in [0.2, 0.25) is 0 Å². The van der Waals surface area contributed by atoms with E-state index in [9.17, 15) is 14.7 Å². The Morgan fingerprint density at radius 3 is 2.31 bits per heavy atom. The molecule has 1 saturated heterocycles. The van der Waals surface area contributed by atoms with Gasteiger partial charge in [0.15, 0.2) is 11.5 Å². The van der Waals surface area contributed by atoms with Crippen molar-refractivity contribution in [2.45, 2.75) is 12.5 Å². The van der Waals surface area contributed by atoms with Gasteiger partial charge in [0, 0.05) is 17.1 Å². The summed E-state index contributed by atoms with van der Waals surface area (Å²) in [6, 6.07) is 10.9. The molecule has 1 fully saturated rings. The number of ether oxygens (including phenoxy) is 2. The number of hydrogen-bond donors (Lipinski definition) is 1. The molecule has 1 aliphatic rings. The van der Waals surface area contributed by atoms with Gasteiger partial charge in [-0.2, -0.15) is 0 Å². The molecular formula is C24H27ClN2O5. The first kappa shape index (κ1) is 23.6. The number of hydrogen-bond acceptors (Lipinski definition) is 6. The van der Waals surface area contributed by atoms with Crippen LogP contribution in [0.3, 0.4) is 0 Å². The number of carbonyl (C=O) groups excluding carboxylic acids is 2. The largest absolute Gasteiger partial charge is 0.507 e. The van der Waals surface area contributed by atoms with E-state index in [2.05, 4.69) is 0 Å². The quantitative estimate of drug-likeness (QED) is 0.369. The molecule has 0 spiro atoms. The van der Waals surface area contributed by atoms with Crippen molar-refractivity contribution in [3.05, 3.63) is 64.2 Å². The van der Waals surface area contributed by atoms with Crippen molar-refractivity contribution in [3.63, 3.8) is 0 Å². The molecule has 1 N–H and O–H groups in total. The van der Waals surface area contributed by atoms with Crippen LogP contribution < -0.4 is 9.47 Å². The van der Waals surface area contributed by atoms with E-state index in [1.54, 1.807) is 42.5 Å². The maximum Gasteiger partial charge on any atom is 0.295 e. The average Bonchev–Trinajstić information content (AvgIpc) is 3.03. The molecule has 32 heavy (non-hydrogen) atoms. The Morgan fingerprint density at radius 2 is 1.72 bits per heavy atom. The number of methoxy groups -OCH3 is 2. The molecule has 1 heterocycles. The van der Waals surface area contributed by atoms with Crippen LogP contribution in [-0.4, -0.2) is 68.0 Å². The number of aliphatic hydroxyl groups is 1. The number of Topliss-reactive ketones (excluding diaryl/α,β-unsaturated/α-hetero) is 1. The molecule has 2 aromatic carbocycles. The number of likely N-dealkylation sites (tertiary alicyclic amines) is 1. The molecule has 1 aliphatic heterocycles. The Morgan fingerprint density at radius 1 is 1.06 bits per heavy atom. The molecule has 0 radical (unpaired) electrons. The molecule has 0 aromatic heterocycles. The second-order valence-electron chi connectivity index (χ2n) is 7.77. The summed E-state index contributed by atoms with van der Waals surface area (Å²) in [5.41, 5.74) is 1.09. The maximum absolute atomic E-state index is 13.1. The van der Waals surface area contributed by atoms with Crippen molar-refractivity contribution in [2.24, 2.45) is 0 Å². The van der Waals surface area contributed by atoms with Gasteiger partial charge in [-0.25, -0.2) is 0 Å². The van der Waals surface area contributed by atoms with Gasteiger partial charge in [0.25, 0.3) is 11.7 Å². The van der Waals surface area contributed by atoms with Crippen LogP contribution in [0.1, 0.15) is 23.6 Å². The topological polar surface area (TPSA) is 79.3 Å². The fourth-order valence-electron chi connectivity index (χ4n) is 3.80. The van der Waals surface area contributed by atoms with Crippen molar-refractivity contribution in [2.75, 3.05) is 41.4 Å². The summed E-state index contributed by atoms with van der Waals surface area (Å²) in [4.78, 5) is 29.6. The number of halogens is 1. The number of amides is 1. The zero-order valence-electron chi connectivity index (χ0n) is 18.6. The number of benzene rings is 2. The smallest absolute Gasteiger partial charge is 0.295 e. The lowest BCUT2D eigenvalue weighted by Gasteiger charge is -2.26. The number of ketones is 1. The van der Waals surface area contributed by atoms with Crippen LogP contribution in [0.4, 0.5) is 0 Å². The minimum atomic E-state index is -0.757. The van der Waals surface area contributed by atoms with E-state index in [0.717, 1.165) is 6.54 Å². The monoisotopic (exact) mass is 458 g/mol. The second-order valence-corrected chi connectivity index (χ2v) is 8.21. The highest BCUT2D eigenvalue weighted by atomic mass is 35.5. The van der Waals surface area contributed by atoms with Gasteiger partial charge in [-0.1, -0.05) is 17.7 Å². The fraction of sp³-hybridized carbons (Fsp3) is 0.333. The van der Waals surface area contributed by atoms with Crippen LogP contribution in [0.2, 0.25) is 5.02 Å². The Balaban J connectivity index is 2.13. The van der Waals surface area contributed by atoms with Gasteiger partial charge < -0.3 is 24.4 Å². The predicted molar refractivity (Wildman–Crippen MR) is 123 cm³/mol. The number of nitrogens with zero attached hydrogens (tertiary/aromatic N) is 2. The van der Waals surface area contributed by atoms with Crippen LogP contribution in [0, 0.1) is 0 Å². The molecule has 0 bridgehead atoms. The predicted octanol–water partition coefficient (Wildman–Crippen LogP) is 3.73. The summed E-state index contributed by atoms with van der Waals surface area (Å²) in [7, 11) is 6.94. The minimum Gasteiger partial charge on any atom is -0.507 e. The first-order valence-electron chi connectivity index (χ1n) is 10.2. The van der Waals surface area contributed by atoms with Gasteiger partial charge in [-0.05, 0) is 69.0 Å². The van der Waals surface area contributed by atoms with Crippen molar-refractivity contribution in [1.29, 1.82) is 0 Å². The van der Waals surface area contributed by atoms with E-state index < -0.39 is 17.7 Å². The highest BCUT2D eigenvalue weighted by Gasteiger charge is 2.46. The van der Waals surface area contributed by atoms with Crippen molar-refractivity contribution in [1.82, 2.24) is 9.80 Å². The van der Waals surface area contributed by atoms with E-state index in [4.69, 9.17) is 21.1 Å². The van der Waals surface area contributed by atoms with Crippen LogP contribution in [-0.2, 0) is 9.59 Å². The number of carbonyl (C=O) groups is 2. The highest BCUT2D eigenvalue weighted by molar-refractivity contribution is 6.46. The molecule has 170 valence electrons. The molecule has 1 unspecified atom stereocenters. The summed E-state index contributed by atoms with van der Waals surface area (Å²) in [6.07, 6.45) is 0.671. The Kier molecular flexibility index (Phi) is 7.43. The third-order valence-electron chi connectivity index (χ3n) is 5.39. The lowest BCUT2D eigenvalue weighted by molar-refractivity contribution is -0.139. The first-order chi connectivity index (χ1) is 15.3. The Bertz CT molecular complexity index is 1030. The summed E-state index contributed by atoms with van der Waals surface area (Å²) in [5, 5.41) is 11.6. The molecule has 0 aliphatic carbocycles. The van der Waals surface area contributed by atoms with Crippen molar-refractivity contribution in [3.8, 4) is 11.5 Å². The molecule has 1 amide bonds. The summed E-state index contributed by atoms with van der Waals surface area (Å²) < 4.78 is 10.7. The molecular weight excluding hydrogens is 432 g/mol. The fourth-order valence-corrected chi connectivity index (χ4v) is 3.93. The zero-order valence-corrected chi connectivity index (χ0v) is 19.3. The zero-order chi connectivity index (χ0) is 23.4. The number of rotatable bonds is 8. The molecule has 2 aromatic rings. The molecule has 8 heteroatoms. The standard InChI is InChI=1S/C24H27ClN2O5/c1-26(2)12-5-13-27-21(16-8-11-18(31-3)19(14-16)32-4)20(23(29)24(27)30)22(28)15-6-9-17(25)10-7-15/h6-11,14,21,28H,5,12-13H2,1-4H3/b22-20-. The SMILES string of the molecule is COc1ccc(C2/C(=C(/O)c3ccc(Cl)cc3)C(=O)C(=O)N2CCCN(C)C)cc1OC. The van der Waals surface area contributed by atoms with Gasteiger partial charge in [0.1, 0.15) is 5.76 Å². The summed E-state index contributed by atoms with van der Waals surface area (Å²) >= 11 is 5.96. The van der Waals surface area contributed by atoms with E-state index >= 15 is 0 Å². The normalized spacial score (nSPS) is 17.8. The second kappa shape index (κ2) is 10.1. The van der Waals surface area contributed by atoms with Crippen LogP contribution in [0.25, 0.3) is 5.76 Å². The lowest BCUT2D eigenvalue weighted by Crippen LogP contribution is -2.32. The third-order valence-corrected chi connectivity index (χ3v) is 5.64. The Labute approximate surface area is 192 Å². The lowest BCUT2D eigenvalue weighted by atomic mass is 9.95. The van der Waals surface area contributed by atoms with Crippen molar-refractivity contribution >= 4 is 29.1 Å². The molecule has 1 atom stereocenters. The van der Waals surface area contributed by atoms with Crippen LogP contribution >= 0.6 is 11.6 Å². The van der Waals surface area contributed by atoms with Gasteiger partial charge in [-0.15, -0.1) is 0 Å². The van der Waals surface area contributed by atoms with Gasteiger partial charge in [0.05, 0.1) is 25.8 Å². The highest BCUT2D eigenvalue weighted by Crippen LogP contribution is 2.42. The van der Waals surface area contributed by atoms with Gasteiger partial charge >= 0.3 is 0 Å². The first-order valence-corrected chi connectivity index (χ1v) is 10.6.